The van der Waals surface area contributed by atoms with E-state index < -0.39 is 0 Å². The van der Waals surface area contributed by atoms with Gasteiger partial charge in [-0.3, -0.25) is 15.0 Å². The number of benzene rings is 2. The Kier molecular flexibility index (Phi) is 11.5. The summed E-state index contributed by atoms with van der Waals surface area (Å²) in [4.78, 5) is 34.7. The van der Waals surface area contributed by atoms with Gasteiger partial charge in [-0.2, -0.15) is 0 Å². The first-order chi connectivity index (χ1) is 16.1. The first-order valence-corrected chi connectivity index (χ1v) is 11.4. The average molecular weight is 455 g/mol. The second-order valence-electron chi connectivity index (χ2n) is 8.25. The molecule has 0 aliphatic carbocycles. The van der Waals surface area contributed by atoms with E-state index in [0.717, 1.165) is 24.0 Å². The normalized spacial score (nSPS) is 12.4. The van der Waals surface area contributed by atoms with Crippen LogP contribution >= 0.6 is 0 Å². The lowest BCUT2D eigenvalue weighted by atomic mass is 10.0. The molecule has 2 aromatic rings. The standard InChI is InChI=1S/C24H34N6O3/c1-3-4-15-23(29(26-32)17-16-21-11-7-5-8-12-21)20-30(27-33)24(19-28(2)25-31)18-22-13-9-6-10-14-22/h5-14,23-24H,3-4,15-20H2,1-2H3. The highest BCUT2D eigenvalue weighted by molar-refractivity contribution is 5.16. The summed E-state index contributed by atoms with van der Waals surface area (Å²) < 4.78 is 0. The maximum atomic E-state index is 11.9. The van der Waals surface area contributed by atoms with E-state index in [4.69, 9.17) is 0 Å². The Balaban J connectivity index is 2.17. The van der Waals surface area contributed by atoms with Crippen molar-refractivity contribution in [2.75, 3.05) is 26.7 Å². The van der Waals surface area contributed by atoms with Crippen LogP contribution in [-0.4, -0.2) is 53.8 Å². The largest absolute Gasteiger partial charge is 0.262 e. The SMILES string of the molecule is CCCCC(CN(N=O)C(Cc1ccccc1)CN(C)N=O)N(CCc1ccccc1)N=O. The minimum absolute atomic E-state index is 0.239. The van der Waals surface area contributed by atoms with Crippen molar-refractivity contribution in [1.29, 1.82) is 0 Å². The minimum Gasteiger partial charge on any atom is -0.262 e. The van der Waals surface area contributed by atoms with Gasteiger partial charge in [0, 0.05) is 13.6 Å². The monoisotopic (exact) mass is 454 g/mol. The van der Waals surface area contributed by atoms with Crippen LogP contribution < -0.4 is 0 Å². The average Bonchev–Trinajstić information content (AvgIpc) is 2.86. The summed E-state index contributed by atoms with van der Waals surface area (Å²) in [6.07, 6.45) is 3.76. The molecule has 2 atom stereocenters. The fourth-order valence-corrected chi connectivity index (χ4v) is 3.91. The van der Waals surface area contributed by atoms with Crippen molar-refractivity contribution in [2.24, 2.45) is 15.9 Å². The van der Waals surface area contributed by atoms with Gasteiger partial charge in [-0.05, 0) is 30.4 Å². The van der Waals surface area contributed by atoms with Crippen molar-refractivity contribution in [1.82, 2.24) is 15.0 Å². The molecule has 0 saturated carbocycles. The highest BCUT2D eigenvalue weighted by Crippen LogP contribution is 2.18. The van der Waals surface area contributed by atoms with E-state index in [-0.39, 0.29) is 25.2 Å². The number of hydrogen-bond acceptors (Lipinski definition) is 6. The molecule has 178 valence electrons. The van der Waals surface area contributed by atoms with Crippen LogP contribution in [0, 0.1) is 14.7 Å². The molecule has 2 rings (SSSR count). The second kappa shape index (κ2) is 14.7. The van der Waals surface area contributed by atoms with E-state index in [2.05, 4.69) is 22.8 Å². The number of hydrogen-bond donors (Lipinski definition) is 0. The summed E-state index contributed by atoms with van der Waals surface area (Å²) >= 11 is 0. The van der Waals surface area contributed by atoms with Crippen molar-refractivity contribution < 1.29 is 0 Å². The lowest BCUT2D eigenvalue weighted by molar-refractivity contribution is 0.0899. The molecule has 9 nitrogen and oxygen atoms in total. The van der Waals surface area contributed by atoms with E-state index in [0.29, 0.717) is 25.8 Å². The van der Waals surface area contributed by atoms with Crippen LogP contribution in [0.25, 0.3) is 0 Å². The summed E-state index contributed by atoms with van der Waals surface area (Å²) in [6.45, 7) is 3.02. The Labute approximate surface area is 195 Å². The molecule has 33 heavy (non-hydrogen) atoms. The van der Waals surface area contributed by atoms with Gasteiger partial charge in [0.1, 0.15) is 0 Å². The van der Waals surface area contributed by atoms with Crippen molar-refractivity contribution in [3.63, 3.8) is 0 Å². The first-order valence-electron chi connectivity index (χ1n) is 11.4. The molecule has 0 aromatic heterocycles. The fourth-order valence-electron chi connectivity index (χ4n) is 3.91. The highest BCUT2D eigenvalue weighted by atomic mass is 16.3. The third-order valence-corrected chi connectivity index (χ3v) is 5.74. The van der Waals surface area contributed by atoms with Gasteiger partial charge in [-0.1, -0.05) is 80.4 Å². The van der Waals surface area contributed by atoms with Gasteiger partial charge in [0.2, 0.25) is 0 Å². The topological polar surface area (TPSA) is 98.0 Å². The van der Waals surface area contributed by atoms with Crippen LogP contribution in [0.3, 0.4) is 0 Å². The van der Waals surface area contributed by atoms with Crippen molar-refractivity contribution in [3.05, 3.63) is 86.5 Å². The predicted molar refractivity (Wildman–Crippen MR) is 131 cm³/mol. The van der Waals surface area contributed by atoms with Gasteiger partial charge in [0.05, 0.1) is 41.0 Å². The van der Waals surface area contributed by atoms with Crippen LogP contribution in [0.2, 0.25) is 0 Å². The van der Waals surface area contributed by atoms with E-state index in [1.807, 2.05) is 60.7 Å². The van der Waals surface area contributed by atoms with Crippen molar-refractivity contribution in [3.8, 4) is 0 Å². The number of likely N-dealkylation sites (N-methyl/N-ethyl adjacent to an activating group) is 1. The molecule has 2 unspecified atom stereocenters. The molecular weight excluding hydrogens is 420 g/mol. The Morgan fingerprint density at radius 1 is 0.758 bits per heavy atom. The zero-order chi connectivity index (χ0) is 23.9. The number of nitroso groups, excluding NO2 is 3. The number of nitrogens with zero attached hydrogens (tertiary/aromatic N) is 6. The molecule has 0 radical (unpaired) electrons. The van der Waals surface area contributed by atoms with Crippen LogP contribution in [-0.2, 0) is 12.8 Å². The third kappa shape index (κ3) is 8.96. The van der Waals surface area contributed by atoms with Crippen LogP contribution in [0.4, 0.5) is 0 Å². The van der Waals surface area contributed by atoms with Crippen LogP contribution in [0.5, 0.6) is 0 Å². The lowest BCUT2D eigenvalue weighted by Gasteiger charge is -2.34. The number of unbranched alkanes of at least 4 members (excludes halogenated alkanes) is 1. The summed E-state index contributed by atoms with van der Waals surface area (Å²) in [7, 11) is 1.57. The molecule has 0 aliphatic heterocycles. The molecule has 0 N–H and O–H groups in total. The van der Waals surface area contributed by atoms with Gasteiger partial charge in [0.25, 0.3) is 0 Å². The van der Waals surface area contributed by atoms with Gasteiger partial charge in [-0.15, -0.1) is 14.7 Å². The number of rotatable bonds is 17. The van der Waals surface area contributed by atoms with Gasteiger partial charge >= 0.3 is 0 Å². The zero-order valence-electron chi connectivity index (χ0n) is 19.5. The molecule has 0 amide bonds. The Morgan fingerprint density at radius 2 is 1.36 bits per heavy atom. The molecule has 0 saturated heterocycles. The quantitative estimate of drug-likeness (QED) is 0.247. The van der Waals surface area contributed by atoms with Crippen LogP contribution in [0.1, 0.15) is 37.3 Å². The highest BCUT2D eigenvalue weighted by Gasteiger charge is 2.27. The minimum atomic E-state index is -0.376. The summed E-state index contributed by atoms with van der Waals surface area (Å²) in [5.74, 6) is 0. The summed E-state index contributed by atoms with van der Waals surface area (Å²) in [5, 5.41) is 13.8. The molecule has 0 bridgehead atoms. The molecule has 0 heterocycles. The van der Waals surface area contributed by atoms with Gasteiger partial charge in [-0.25, -0.2) is 0 Å². The molecule has 0 aliphatic rings. The predicted octanol–water partition coefficient (Wildman–Crippen LogP) is 4.98. The molecule has 9 heteroatoms. The van der Waals surface area contributed by atoms with Crippen LogP contribution in [0.15, 0.2) is 76.5 Å². The smallest absolute Gasteiger partial charge is 0.0736 e. The third-order valence-electron chi connectivity index (χ3n) is 5.74. The van der Waals surface area contributed by atoms with E-state index in [1.54, 1.807) is 7.05 Å². The molecule has 0 fully saturated rings. The van der Waals surface area contributed by atoms with Gasteiger partial charge in [0.15, 0.2) is 0 Å². The van der Waals surface area contributed by atoms with Crippen molar-refractivity contribution >= 4 is 0 Å². The van der Waals surface area contributed by atoms with Gasteiger partial charge < -0.3 is 0 Å². The fraction of sp³-hybridized carbons (Fsp3) is 0.500. The molecule has 2 aromatic carbocycles. The van der Waals surface area contributed by atoms with E-state index in [1.165, 1.54) is 15.0 Å². The summed E-state index contributed by atoms with van der Waals surface area (Å²) in [5.41, 5.74) is 2.14. The van der Waals surface area contributed by atoms with E-state index >= 15 is 0 Å². The second-order valence-corrected chi connectivity index (χ2v) is 8.25. The maximum absolute atomic E-state index is 11.9. The maximum Gasteiger partial charge on any atom is 0.0736 e. The Bertz CT molecular complexity index is 823. The lowest BCUT2D eigenvalue weighted by Crippen LogP contribution is -2.47. The first kappa shape index (κ1) is 25.9. The van der Waals surface area contributed by atoms with Crippen molar-refractivity contribution in [2.45, 2.75) is 51.1 Å². The van der Waals surface area contributed by atoms with E-state index in [9.17, 15) is 14.7 Å². The Hall–Kier alpha value is -3.36. The molecular formula is C24H34N6O3. The zero-order valence-corrected chi connectivity index (χ0v) is 19.5. The summed E-state index contributed by atoms with van der Waals surface area (Å²) in [6, 6.07) is 19.0. The Morgan fingerprint density at radius 3 is 1.91 bits per heavy atom. The molecule has 0 spiro atoms.